The third-order valence-electron chi connectivity index (χ3n) is 6.92. The van der Waals surface area contributed by atoms with Gasteiger partial charge >= 0.3 is 0 Å². The summed E-state index contributed by atoms with van der Waals surface area (Å²) in [7, 11) is 0. The number of anilines is 2. The molecular weight excluding hydrogens is 509 g/mol. The quantitative estimate of drug-likeness (QED) is 0.464. The number of amides is 1. The number of hydrogen-bond acceptors (Lipinski definition) is 7. The monoisotopic (exact) mass is 540 g/mol. The van der Waals surface area contributed by atoms with Crippen LogP contribution in [0.4, 0.5) is 24.7 Å². The van der Waals surface area contributed by atoms with E-state index in [1.54, 1.807) is 18.2 Å². The Labute approximate surface area is 225 Å². The van der Waals surface area contributed by atoms with Gasteiger partial charge < -0.3 is 15.0 Å². The van der Waals surface area contributed by atoms with Gasteiger partial charge in [0, 0.05) is 68.2 Å². The highest BCUT2D eigenvalue weighted by molar-refractivity contribution is 6.08. The summed E-state index contributed by atoms with van der Waals surface area (Å²) in [6, 6.07) is 6.43. The van der Waals surface area contributed by atoms with Crippen molar-refractivity contribution in [3.8, 4) is 11.1 Å². The molecule has 1 aromatic carbocycles. The van der Waals surface area contributed by atoms with Gasteiger partial charge in [-0.25, -0.2) is 28.1 Å². The van der Waals surface area contributed by atoms with Gasteiger partial charge in [-0.15, -0.1) is 0 Å². The van der Waals surface area contributed by atoms with Gasteiger partial charge in [-0.3, -0.25) is 9.69 Å². The van der Waals surface area contributed by atoms with Crippen LogP contribution in [-0.4, -0.2) is 71.1 Å². The third-order valence-corrected chi connectivity index (χ3v) is 6.92. The van der Waals surface area contributed by atoms with Crippen molar-refractivity contribution >= 4 is 17.4 Å². The van der Waals surface area contributed by atoms with Gasteiger partial charge in [0.15, 0.2) is 5.82 Å². The van der Waals surface area contributed by atoms with Crippen LogP contribution >= 0.6 is 0 Å². The highest BCUT2D eigenvalue weighted by atomic mass is 19.3. The van der Waals surface area contributed by atoms with Crippen molar-refractivity contribution in [2.45, 2.75) is 38.7 Å². The molecule has 206 valence electrons. The molecule has 0 atom stereocenters. The van der Waals surface area contributed by atoms with Crippen LogP contribution in [-0.2, 0) is 11.3 Å². The van der Waals surface area contributed by atoms with Crippen molar-refractivity contribution in [3.05, 3.63) is 65.6 Å². The number of nitrogens with zero attached hydrogens (tertiary/aromatic N) is 5. The van der Waals surface area contributed by atoms with E-state index < -0.39 is 24.2 Å². The Balaban J connectivity index is 1.53. The maximum absolute atomic E-state index is 15.3. The van der Waals surface area contributed by atoms with E-state index in [9.17, 15) is 13.6 Å². The zero-order valence-corrected chi connectivity index (χ0v) is 22.0. The number of halogens is 3. The fourth-order valence-electron chi connectivity index (χ4n) is 4.79. The summed E-state index contributed by atoms with van der Waals surface area (Å²) in [6.07, 6.45) is 3.95. The van der Waals surface area contributed by atoms with Gasteiger partial charge in [-0.2, -0.15) is 0 Å². The van der Waals surface area contributed by atoms with Crippen molar-refractivity contribution in [3.63, 3.8) is 0 Å². The number of hydrogen-bond donors (Lipinski definition) is 1. The van der Waals surface area contributed by atoms with Gasteiger partial charge in [-0.1, -0.05) is 19.9 Å². The van der Waals surface area contributed by atoms with Crippen molar-refractivity contribution < 1.29 is 22.7 Å². The minimum absolute atomic E-state index is 0.0536. The molecule has 0 radical (unpaired) electrons. The summed E-state index contributed by atoms with van der Waals surface area (Å²) in [5, 5.41) is 2.81. The third kappa shape index (κ3) is 6.20. The van der Waals surface area contributed by atoms with E-state index >= 15 is 4.39 Å². The van der Waals surface area contributed by atoms with Crippen molar-refractivity contribution in [2.75, 3.05) is 49.6 Å². The van der Waals surface area contributed by atoms with Crippen molar-refractivity contribution in [2.24, 2.45) is 0 Å². The highest BCUT2D eigenvalue weighted by Crippen LogP contribution is 2.40. The van der Waals surface area contributed by atoms with Crippen LogP contribution in [0.3, 0.4) is 0 Å². The van der Waals surface area contributed by atoms with Gasteiger partial charge in [0.05, 0.1) is 31.0 Å². The first-order valence-electron chi connectivity index (χ1n) is 13.0. The number of pyridine rings is 1. The zero-order chi connectivity index (χ0) is 27.6. The smallest absolute Gasteiger partial charge is 0.266 e. The van der Waals surface area contributed by atoms with Crippen molar-refractivity contribution in [1.29, 1.82) is 0 Å². The molecule has 3 aromatic rings. The van der Waals surface area contributed by atoms with Crippen LogP contribution in [0.2, 0.25) is 0 Å². The molecule has 4 heterocycles. The fraction of sp³-hybridized carbons (Fsp3) is 0.429. The summed E-state index contributed by atoms with van der Waals surface area (Å²) in [6.45, 7) is 6.82. The average molecular weight is 541 g/mol. The lowest BCUT2D eigenvalue weighted by atomic mass is 10.0. The van der Waals surface area contributed by atoms with E-state index in [0.717, 1.165) is 18.7 Å². The molecular formula is C28H31F3N6O2. The first-order chi connectivity index (χ1) is 18.7. The standard InChI is InChI=1S/C28H31F3N6O2/c1-18(2)25-33-14-20(15-34-25)27(38)35-24-21(5-7-32-26(24)37-8-6-28(30,31)17-37)22-13-19(3-4-23(22)29)16-36-9-11-39-12-10-36/h3-5,7,13-15,18H,6,8-12,16-17H2,1-2H3,(H,35,38). The van der Waals surface area contributed by atoms with E-state index in [1.807, 2.05) is 13.8 Å². The molecule has 0 bridgehead atoms. The van der Waals surface area contributed by atoms with E-state index in [-0.39, 0.29) is 41.5 Å². The molecule has 2 aromatic heterocycles. The molecule has 0 saturated carbocycles. The minimum Gasteiger partial charge on any atom is -0.379 e. The lowest BCUT2D eigenvalue weighted by Gasteiger charge is -2.27. The summed E-state index contributed by atoms with van der Waals surface area (Å²) in [5.74, 6) is -3.09. The summed E-state index contributed by atoms with van der Waals surface area (Å²) < 4.78 is 49.0. The van der Waals surface area contributed by atoms with Gasteiger partial charge in [0.1, 0.15) is 11.6 Å². The van der Waals surface area contributed by atoms with Gasteiger partial charge in [0.2, 0.25) is 0 Å². The van der Waals surface area contributed by atoms with E-state index in [2.05, 4.69) is 25.2 Å². The second kappa shape index (κ2) is 11.3. The Bertz CT molecular complexity index is 1330. The molecule has 0 aliphatic carbocycles. The number of ether oxygens (including phenoxy) is 1. The maximum Gasteiger partial charge on any atom is 0.266 e. The van der Waals surface area contributed by atoms with Crippen LogP contribution in [0.15, 0.2) is 42.9 Å². The van der Waals surface area contributed by atoms with E-state index in [0.29, 0.717) is 31.1 Å². The Kier molecular flexibility index (Phi) is 7.81. The second-order valence-electron chi connectivity index (χ2n) is 10.2. The van der Waals surface area contributed by atoms with Crippen LogP contribution < -0.4 is 10.2 Å². The number of rotatable bonds is 7. The van der Waals surface area contributed by atoms with Crippen LogP contribution in [0, 0.1) is 5.82 Å². The summed E-state index contributed by atoms with van der Waals surface area (Å²) in [4.78, 5) is 29.8. The number of nitrogens with one attached hydrogen (secondary N) is 1. The predicted octanol–water partition coefficient (Wildman–Crippen LogP) is 4.73. The first-order valence-corrected chi connectivity index (χ1v) is 13.0. The zero-order valence-electron chi connectivity index (χ0n) is 22.0. The molecule has 2 saturated heterocycles. The molecule has 1 amide bonds. The summed E-state index contributed by atoms with van der Waals surface area (Å²) >= 11 is 0. The summed E-state index contributed by atoms with van der Waals surface area (Å²) in [5.41, 5.74) is 1.83. The van der Waals surface area contributed by atoms with Crippen LogP contribution in [0.25, 0.3) is 11.1 Å². The molecule has 1 N–H and O–H groups in total. The van der Waals surface area contributed by atoms with Crippen molar-refractivity contribution in [1.82, 2.24) is 19.9 Å². The number of benzene rings is 1. The maximum atomic E-state index is 15.3. The Morgan fingerprint density at radius 3 is 2.49 bits per heavy atom. The molecule has 39 heavy (non-hydrogen) atoms. The van der Waals surface area contributed by atoms with Gasteiger partial charge in [0.25, 0.3) is 11.8 Å². The number of alkyl halides is 2. The Morgan fingerprint density at radius 1 is 1.08 bits per heavy atom. The lowest BCUT2D eigenvalue weighted by molar-refractivity contribution is 0.0256. The lowest BCUT2D eigenvalue weighted by Crippen LogP contribution is -2.35. The minimum atomic E-state index is -2.89. The predicted molar refractivity (Wildman–Crippen MR) is 142 cm³/mol. The number of aromatic nitrogens is 3. The van der Waals surface area contributed by atoms with E-state index in [1.165, 1.54) is 29.6 Å². The molecule has 2 aliphatic heterocycles. The largest absolute Gasteiger partial charge is 0.379 e. The molecule has 11 heteroatoms. The molecule has 2 aliphatic rings. The number of carbonyl (C=O) groups excluding carboxylic acids is 1. The van der Waals surface area contributed by atoms with E-state index in [4.69, 9.17) is 4.74 Å². The fourth-order valence-corrected chi connectivity index (χ4v) is 4.79. The highest BCUT2D eigenvalue weighted by Gasteiger charge is 2.40. The second-order valence-corrected chi connectivity index (χ2v) is 10.2. The number of morpholine rings is 1. The molecule has 8 nitrogen and oxygen atoms in total. The number of carbonyl (C=O) groups is 1. The molecule has 2 fully saturated rings. The van der Waals surface area contributed by atoms with Gasteiger partial charge in [-0.05, 0) is 23.8 Å². The topological polar surface area (TPSA) is 83.5 Å². The SMILES string of the molecule is CC(C)c1ncc(C(=O)Nc2c(-c3cc(CN4CCOCC4)ccc3F)ccnc2N2CCC(F)(F)C2)cn1. The molecule has 0 spiro atoms. The Morgan fingerprint density at radius 2 is 1.82 bits per heavy atom. The van der Waals surface area contributed by atoms with Crippen LogP contribution in [0.1, 0.15) is 47.9 Å². The molecule has 0 unspecified atom stereocenters. The Hall–Kier alpha value is -3.57. The molecule has 5 rings (SSSR count). The first kappa shape index (κ1) is 27.0. The average Bonchev–Trinajstić information content (AvgIpc) is 3.30. The van der Waals surface area contributed by atoms with Crippen LogP contribution in [0.5, 0.6) is 0 Å². The normalized spacial score (nSPS) is 17.5.